The van der Waals surface area contributed by atoms with Crippen molar-refractivity contribution in [3.8, 4) is 5.75 Å². The fourth-order valence-corrected chi connectivity index (χ4v) is 2.12. The van der Waals surface area contributed by atoms with Gasteiger partial charge in [0.25, 0.3) is 0 Å². The molecule has 0 saturated heterocycles. The molecule has 0 heterocycles. The third-order valence-electron chi connectivity index (χ3n) is 2.82. The Kier molecular flexibility index (Phi) is 5.69. The highest BCUT2D eigenvalue weighted by Gasteiger charge is 2.06. The zero-order valence-corrected chi connectivity index (χ0v) is 13.3. The van der Waals surface area contributed by atoms with E-state index < -0.39 is 6.03 Å². The van der Waals surface area contributed by atoms with Gasteiger partial charge < -0.3 is 15.4 Å². The van der Waals surface area contributed by atoms with Gasteiger partial charge in [0.15, 0.2) is 0 Å². The van der Waals surface area contributed by atoms with E-state index in [0.717, 1.165) is 11.3 Å². The van der Waals surface area contributed by atoms with Gasteiger partial charge in [-0.3, -0.25) is 0 Å². The highest BCUT2D eigenvalue weighted by atomic mass is 35.5. The number of anilines is 1. The van der Waals surface area contributed by atoms with Crippen molar-refractivity contribution in [2.24, 2.45) is 0 Å². The van der Waals surface area contributed by atoms with Gasteiger partial charge in [0.05, 0.1) is 22.8 Å². The Hall–Kier alpha value is -2.17. The van der Waals surface area contributed by atoms with Gasteiger partial charge in [0.2, 0.25) is 0 Å². The Morgan fingerprint density at radius 2 is 1.91 bits per heavy atom. The van der Waals surface area contributed by atoms with E-state index in [2.05, 4.69) is 10.6 Å². The Labute approximate surface area is 138 Å². The summed E-state index contributed by atoms with van der Waals surface area (Å²) in [4.78, 5) is 11.8. The van der Waals surface area contributed by atoms with Crippen LogP contribution < -0.4 is 15.4 Å². The summed E-state index contributed by atoms with van der Waals surface area (Å²) in [5.74, 6) is 0.721. The van der Waals surface area contributed by atoms with Crippen molar-refractivity contribution in [1.29, 1.82) is 0 Å². The lowest BCUT2D eigenvalue weighted by Gasteiger charge is -2.08. The number of urea groups is 1. The minimum Gasteiger partial charge on any atom is -0.496 e. The van der Waals surface area contributed by atoms with Crippen LogP contribution >= 0.6 is 23.2 Å². The van der Waals surface area contributed by atoms with Crippen LogP contribution in [-0.4, -0.2) is 13.1 Å². The van der Waals surface area contributed by atoms with Crippen molar-refractivity contribution in [1.82, 2.24) is 5.32 Å². The van der Waals surface area contributed by atoms with Crippen LogP contribution in [0.15, 0.2) is 48.7 Å². The van der Waals surface area contributed by atoms with E-state index in [9.17, 15) is 4.79 Å². The van der Waals surface area contributed by atoms with Gasteiger partial charge in [-0.2, -0.15) is 0 Å². The first-order valence-electron chi connectivity index (χ1n) is 6.43. The van der Waals surface area contributed by atoms with Gasteiger partial charge in [0.1, 0.15) is 5.75 Å². The largest absolute Gasteiger partial charge is 0.496 e. The summed E-state index contributed by atoms with van der Waals surface area (Å²) in [6, 6.07) is 12.1. The minimum absolute atomic E-state index is 0.299. The van der Waals surface area contributed by atoms with Gasteiger partial charge in [-0.25, -0.2) is 4.79 Å². The zero-order valence-electron chi connectivity index (χ0n) is 11.8. The number of carbonyl (C=O) groups is 1. The average Bonchev–Trinajstić information content (AvgIpc) is 2.52. The number of rotatable bonds is 4. The van der Waals surface area contributed by atoms with Crippen molar-refractivity contribution in [3.63, 3.8) is 0 Å². The lowest BCUT2D eigenvalue weighted by molar-refractivity contribution is 0.255. The second-order valence-electron chi connectivity index (χ2n) is 4.28. The highest BCUT2D eigenvalue weighted by Crippen LogP contribution is 2.29. The lowest BCUT2D eigenvalue weighted by Crippen LogP contribution is -2.23. The number of nitrogens with one attached hydrogen (secondary N) is 2. The molecule has 0 atom stereocenters. The topological polar surface area (TPSA) is 50.4 Å². The van der Waals surface area contributed by atoms with E-state index in [0.29, 0.717) is 15.7 Å². The van der Waals surface area contributed by atoms with E-state index in [1.807, 2.05) is 24.3 Å². The van der Waals surface area contributed by atoms with Crippen LogP contribution in [0.2, 0.25) is 10.0 Å². The summed E-state index contributed by atoms with van der Waals surface area (Å²) in [5, 5.41) is 5.88. The van der Waals surface area contributed by atoms with Crippen LogP contribution in [0.3, 0.4) is 0 Å². The van der Waals surface area contributed by atoms with Gasteiger partial charge in [-0.15, -0.1) is 0 Å². The molecule has 0 aliphatic carbocycles. The first-order chi connectivity index (χ1) is 10.6. The number of carbonyl (C=O) groups excluding carboxylic acids is 1. The normalized spacial score (nSPS) is 10.5. The Bertz CT molecular complexity index is 702. The van der Waals surface area contributed by atoms with Gasteiger partial charge in [-0.1, -0.05) is 47.5 Å². The lowest BCUT2D eigenvalue weighted by atomic mass is 10.2. The third-order valence-corrected chi connectivity index (χ3v) is 3.63. The van der Waals surface area contributed by atoms with Crippen molar-refractivity contribution in [2.45, 2.75) is 0 Å². The number of hydrogen-bond acceptors (Lipinski definition) is 2. The summed E-state index contributed by atoms with van der Waals surface area (Å²) >= 11 is 11.9. The Balaban J connectivity index is 1.98. The van der Waals surface area contributed by atoms with E-state index in [-0.39, 0.29) is 0 Å². The molecule has 0 unspecified atom stereocenters. The number of amides is 2. The third kappa shape index (κ3) is 4.16. The summed E-state index contributed by atoms with van der Waals surface area (Å²) in [5.41, 5.74) is 1.29. The molecule has 114 valence electrons. The van der Waals surface area contributed by atoms with Crippen LogP contribution in [-0.2, 0) is 0 Å². The van der Waals surface area contributed by atoms with Gasteiger partial charge in [0, 0.05) is 11.8 Å². The molecule has 0 radical (unpaired) electrons. The summed E-state index contributed by atoms with van der Waals surface area (Å²) in [6.45, 7) is 0. The number of ether oxygens (including phenoxy) is 1. The zero-order chi connectivity index (χ0) is 15.9. The molecule has 4 nitrogen and oxygen atoms in total. The molecule has 2 N–H and O–H groups in total. The van der Waals surface area contributed by atoms with Crippen LogP contribution in [0.5, 0.6) is 5.75 Å². The van der Waals surface area contributed by atoms with Crippen LogP contribution in [0.4, 0.5) is 10.5 Å². The number of halogens is 2. The van der Waals surface area contributed by atoms with Crippen LogP contribution in [0, 0.1) is 0 Å². The number of methoxy groups -OCH3 is 1. The first-order valence-corrected chi connectivity index (χ1v) is 7.18. The van der Waals surface area contributed by atoms with Crippen molar-refractivity contribution < 1.29 is 9.53 Å². The highest BCUT2D eigenvalue weighted by molar-refractivity contribution is 6.43. The van der Waals surface area contributed by atoms with Crippen molar-refractivity contribution in [2.75, 3.05) is 12.4 Å². The SMILES string of the molecule is COc1ccccc1/C=C/NC(=O)Nc1cccc(Cl)c1Cl. The predicted octanol–water partition coefficient (Wildman–Crippen LogP) is 4.79. The summed E-state index contributed by atoms with van der Waals surface area (Å²) in [7, 11) is 1.59. The summed E-state index contributed by atoms with van der Waals surface area (Å²) < 4.78 is 5.22. The molecule has 0 bridgehead atoms. The van der Waals surface area contributed by atoms with Crippen LogP contribution in [0.1, 0.15) is 5.56 Å². The van der Waals surface area contributed by atoms with E-state index >= 15 is 0 Å². The van der Waals surface area contributed by atoms with E-state index in [4.69, 9.17) is 27.9 Å². The monoisotopic (exact) mass is 336 g/mol. The predicted molar refractivity (Wildman–Crippen MR) is 90.6 cm³/mol. The molecular weight excluding hydrogens is 323 g/mol. The Morgan fingerprint density at radius 1 is 1.14 bits per heavy atom. The quantitative estimate of drug-likeness (QED) is 0.842. The maximum Gasteiger partial charge on any atom is 0.323 e. The second-order valence-corrected chi connectivity index (χ2v) is 5.06. The molecule has 6 heteroatoms. The number of para-hydroxylation sites is 1. The van der Waals surface area contributed by atoms with Gasteiger partial charge in [-0.05, 0) is 24.3 Å². The Morgan fingerprint density at radius 3 is 2.68 bits per heavy atom. The smallest absolute Gasteiger partial charge is 0.323 e. The molecular formula is C16H14Cl2N2O2. The average molecular weight is 337 g/mol. The molecule has 22 heavy (non-hydrogen) atoms. The molecule has 2 amide bonds. The molecule has 0 fully saturated rings. The minimum atomic E-state index is -0.421. The standard InChI is InChI=1S/C16H14Cl2N2O2/c1-22-14-8-3-2-5-11(14)9-10-19-16(21)20-13-7-4-6-12(17)15(13)18/h2-10H,1H3,(H2,19,20,21)/b10-9+. The number of hydrogen-bond donors (Lipinski definition) is 2. The van der Waals surface area contributed by atoms with Gasteiger partial charge >= 0.3 is 6.03 Å². The molecule has 0 saturated carbocycles. The fraction of sp³-hybridized carbons (Fsp3) is 0.0625. The molecule has 2 aromatic carbocycles. The molecule has 2 rings (SSSR count). The summed E-state index contributed by atoms with van der Waals surface area (Å²) in [6.07, 6.45) is 3.25. The molecule has 0 aliphatic rings. The van der Waals surface area contributed by atoms with E-state index in [1.165, 1.54) is 6.20 Å². The number of benzene rings is 2. The van der Waals surface area contributed by atoms with Crippen molar-refractivity contribution in [3.05, 3.63) is 64.3 Å². The molecule has 0 aliphatic heterocycles. The fourth-order valence-electron chi connectivity index (χ4n) is 1.77. The second kappa shape index (κ2) is 7.73. The van der Waals surface area contributed by atoms with Crippen LogP contribution in [0.25, 0.3) is 6.08 Å². The molecule has 0 aromatic heterocycles. The first kappa shape index (κ1) is 16.2. The van der Waals surface area contributed by atoms with Crippen molar-refractivity contribution >= 4 is 41.0 Å². The molecule has 2 aromatic rings. The van der Waals surface area contributed by atoms with E-state index in [1.54, 1.807) is 31.4 Å². The maximum absolute atomic E-state index is 11.8. The molecule has 0 spiro atoms. The maximum atomic E-state index is 11.8.